The van der Waals surface area contributed by atoms with E-state index in [1.165, 1.54) is 35.2 Å². The summed E-state index contributed by atoms with van der Waals surface area (Å²) in [6.07, 6.45) is 0.559. The van der Waals surface area contributed by atoms with Crippen molar-refractivity contribution in [2.24, 2.45) is 0 Å². The smallest absolute Gasteiger partial charge is 0.333 e. The highest BCUT2D eigenvalue weighted by Gasteiger charge is 2.27. The Hall–Kier alpha value is -3.15. The van der Waals surface area contributed by atoms with E-state index >= 15 is 0 Å². The number of urea groups is 1. The zero-order valence-electron chi connectivity index (χ0n) is 17.2. The Morgan fingerprint density at radius 1 is 1.15 bits per heavy atom. The molecule has 0 atom stereocenters. The number of benzene rings is 2. The maximum Gasteiger partial charge on any atom is 0.333 e. The van der Waals surface area contributed by atoms with Crippen molar-refractivity contribution >= 4 is 62.0 Å². The normalized spacial score (nSPS) is 13.4. The van der Waals surface area contributed by atoms with Gasteiger partial charge in [0.1, 0.15) is 10.0 Å². The average molecular weight is 509 g/mol. The molecule has 33 heavy (non-hydrogen) atoms. The first-order valence-corrected chi connectivity index (χ1v) is 12.4. The minimum Gasteiger partial charge on any atom is -0.386 e. The predicted molar refractivity (Wildman–Crippen MR) is 126 cm³/mol. The lowest BCUT2D eigenvalue weighted by Crippen LogP contribution is -2.37. The second kappa shape index (κ2) is 9.00. The lowest BCUT2D eigenvalue weighted by atomic mass is 9.97. The molecule has 1 aromatic heterocycles. The fraction of sp³-hybridized carbons (Fsp3) is 0.143. The van der Waals surface area contributed by atoms with Crippen molar-refractivity contribution in [2.45, 2.75) is 10.6 Å². The van der Waals surface area contributed by atoms with E-state index < -0.39 is 21.9 Å². The van der Waals surface area contributed by atoms with Crippen LogP contribution in [0.2, 0.25) is 4.34 Å². The summed E-state index contributed by atoms with van der Waals surface area (Å²) >= 11 is 6.58. The molecule has 0 spiro atoms. The molecule has 4 rings (SSSR count). The number of nitrogens with one attached hydrogen (secondary N) is 3. The van der Waals surface area contributed by atoms with Gasteiger partial charge in [-0.05, 0) is 60.5 Å². The number of carbonyl (C=O) groups excluding carboxylic acids is 2. The van der Waals surface area contributed by atoms with Gasteiger partial charge in [-0.3, -0.25) is 4.79 Å². The molecule has 0 saturated carbocycles. The SMILES string of the molecule is CNc1cc2c(cc1F)C(=O)N(c1ccc(NC(=O)NS(=O)(=O)c3ccc(Cl)s3)cc1)CC2. The Kier molecular flexibility index (Phi) is 6.28. The summed E-state index contributed by atoms with van der Waals surface area (Å²) in [7, 11) is -2.43. The molecule has 2 aromatic carbocycles. The minimum absolute atomic E-state index is 0.0832. The summed E-state index contributed by atoms with van der Waals surface area (Å²) in [5.41, 5.74) is 2.30. The van der Waals surface area contributed by atoms with E-state index in [-0.39, 0.29) is 14.5 Å². The highest BCUT2D eigenvalue weighted by molar-refractivity contribution is 7.92. The van der Waals surface area contributed by atoms with Crippen molar-refractivity contribution in [1.29, 1.82) is 0 Å². The summed E-state index contributed by atoms with van der Waals surface area (Å²) in [5, 5.41) is 5.20. The van der Waals surface area contributed by atoms with E-state index in [9.17, 15) is 22.4 Å². The van der Waals surface area contributed by atoms with E-state index in [2.05, 4.69) is 10.6 Å². The molecule has 3 N–H and O–H groups in total. The van der Waals surface area contributed by atoms with Gasteiger partial charge in [-0.25, -0.2) is 22.3 Å². The van der Waals surface area contributed by atoms with Gasteiger partial charge in [-0.15, -0.1) is 11.3 Å². The lowest BCUT2D eigenvalue weighted by Gasteiger charge is -2.29. The largest absolute Gasteiger partial charge is 0.386 e. The van der Waals surface area contributed by atoms with Crippen LogP contribution in [0.25, 0.3) is 0 Å². The van der Waals surface area contributed by atoms with Crippen LogP contribution in [0, 0.1) is 5.82 Å². The molecule has 0 unspecified atom stereocenters. The Bertz CT molecular complexity index is 1340. The zero-order chi connectivity index (χ0) is 23.8. The topological polar surface area (TPSA) is 108 Å². The maximum absolute atomic E-state index is 14.2. The van der Waals surface area contributed by atoms with Gasteiger partial charge in [0.2, 0.25) is 0 Å². The van der Waals surface area contributed by atoms with Crippen LogP contribution in [0.1, 0.15) is 15.9 Å². The Morgan fingerprint density at radius 3 is 2.52 bits per heavy atom. The molecule has 3 amide bonds. The molecule has 2 heterocycles. The Balaban J connectivity index is 1.45. The highest BCUT2D eigenvalue weighted by Crippen LogP contribution is 2.29. The van der Waals surface area contributed by atoms with E-state index in [1.54, 1.807) is 25.2 Å². The standard InChI is InChI=1S/C21H18ClFN4O4S2/c1-24-17-10-12-8-9-27(20(28)15(12)11-16(17)23)14-4-2-13(3-5-14)25-21(29)26-33(30,31)19-7-6-18(22)32-19/h2-7,10-11,24H,8-9H2,1H3,(H2,25,26,29). The number of amides is 3. The van der Waals surface area contributed by atoms with Crippen LogP contribution >= 0.6 is 22.9 Å². The molecule has 8 nitrogen and oxygen atoms in total. The van der Waals surface area contributed by atoms with E-state index in [4.69, 9.17) is 11.6 Å². The number of anilines is 3. The average Bonchev–Trinajstić information content (AvgIpc) is 3.22. The molecule has 12 heteroatoms. The monoisotopic (exact) mass is 508 g/mol. The van der Waals surface area contributed by atoms with Gasteiger partial charge < -0.3 is 15.5 Å². The number of carbonyl (C=O) groups is 2. The van der Waals surface area contributed by atoms with Crippen molar-refractivity contribution < 1.29 is 22.4 Å². The van der Waals surface area contributed by atoms with Gasteiger partial charge in [0, 0.05) is 30.5 Å². The number of sulfonamides is 1. The molecule has 1 aliphatic rings. The first-order chi connectivity index (χ1) is 15.7. The fourth-order valence-electron chi connectivity index (χ4n) is 3.44. The highest BCUT2D eigenvalue weighted by atomic mass is 35.5. The van der Waals surface area contributed by atoms with Crippen LogP contribution in [0.3, 0.4) is 0 Å². The van der Waals surface area contributed by atoms with Crippen molar-refractivity contribution in [1.82, 2.24) is 4.72 Å². The van der Waals surface area contributed by atoms with Crippen molar-refractivity contribution in [3.8, 4) is 0 Å². The third-order valence-corrected chi connectivity index (χ3v) is 8.07. The van der Waals surface area contributed by atoms with Gasteiger partial charge in [0.15, 0.2) is 0 Å². The molecule has 0 aliphatic carbocycles. The van der Waals surface area contributed by atoms with Crippen LogP contribution < -0.4 is 20.3 Å². The third-order valence-electron chi connectivity index (χ3n) is 5.02. The molecule has 1 aliphatic heterocycles. The molecule has 3 aromatic rings. The predicted octanol–water partition coefficient (Wildman–Crippen LogP) is 4.30. The van der Waals surface area contributed by atoms with Crippen LogP contribution in [0.15, 0.2) is 52.7 Å². The zero-order valence-corrected chi connectivity index (χ0v) is 19.6. The van der Waals surface area contributed by atoms with E-state index in [1.807, 2.05) is 4.72 Å². The lowest BCUT2D eigenvalue weighted by molar-refractivity contribution is 0.0980. The summed E-state index contributed by atoms with van der Waals surface area (Å²) in [5.74, 6) is -0.825. The molecule has 172 valence electrons. The summed E-state index contributed by atoms with van der Waals surface area (Å²) in [6.45, 7) is 0.412. The van der Waals surface area contributed by atoms with Gasteiger partial charge in [0.05, 0.1) is 10.0 Å². The maximum atomic E-state index is 14.2. The molecule has 0 fully saturated rings. The minimum atomic E-state index is -4.04. The van der Waals surface area contributed by atoms with Gasteiger partial charge in [-0.2, -0.15) is 0 Å². The molecule has 0 saturated heterocycles. The van der Waals surface area contributed by atoms with Crippen molar-refractivity contribution in [3.63, 3.8) is 0 Å². The molecule has 0 bridgehead atoms. The van der Waals surface area contributed by atoms with Crippen LogP contribution in [-0.2, 0) is 16.4 Å². The molecular formula is C21H18ClFN4O4S2. The number of hydrogen-bond acceptors (Lipinski definition) is 6. The van der Waals surface area contributed by atoms with Crippen molar-refractivity contribution in [3.05, 3.63) is 69.8 Å². The first-order valence-electron chi connectivity index (χ1n) is 9.69. The Labute approximate surface area is 198 Å². The van der Waals surface area contributed by atoms with Gasteiger partial charge >= 0.3 is 6.03 Å². The third kappa shape index (κ3) is 4.80. The van der Waals surface area contributed by atoms with Crippen LogP contribution in [-0.4, -0.2) is 33.9 Å². The fourth-order valence-corrected chi connectivity index (χ4v) is 5.83. The summed E-state index contributed by atoms with van der Waals surface area (Å²) in [6, 6.07) is 11.0. The first kappa shape index (κ1) is 23.0. The summed E-state index contributed by atoms with van der Waals surface area (Å²) < 4.78 is 40.7. The quantitative estimate of drug-likeness (QED) is 0.476. The number of rotatable bonds is 5. The number of nitrogens with zero attached hydrogens (tertiary/aromatic N) is 1. The number of halogens is 2. The molecule has 0 radical (unpaired) electrons. The van der Waals surface area contributed by atoms with Crippen LogP contribution in [0.4, 0.5) is 26.2 Å². The number of hydrogen-bond donors (Lipinski definition) is 3. The van der Waals surface area contributed by atoms with Gasteiger partial charge in [0.25, 0.3) is 15.9 Å². The van der Waals surface area contributed by atoms with E-state index in [0.29, 0.717) is 35.6 Å². The van der Waals surface area contributed by atoms with E-state index in [0.717, 1.165) is 16.9 Å². The summed E-state index contributed by atoms with van der Waals surface area (Å²) in [4.78, 5) is 26.6. The van der Waals surface area contributed by atoms with Crippen LogP contribution in [0.5, 0.6) is 0 Å². The molecular weight excluding hydrogens is 491 g/mol. The Morgan fingerprint density at radius 2 is 1.88 bits per heavy atom. The number of fused-ring (bicyclic) bond motifs is 1. The van der Waals surface area contributed by atoms with Crippen molar-refractivity contribution in [2.75, 3.05) is 29.1 Å². The second-order valence-electron chi connectivity index (χ2n) is 7.11. The number of thiophene rings is 1. The van der Waals surface area contributed by atoms with Gasteiger partial charge in [-0.1, -0.05) is 11.6 Å². The second-order valence-corrected chi connectivity index (χ2v) is 10.7.